The third-order valence-corrected chi connectivity index (χ3v) is 2.20. The van der Waals surface area contributed by atoms with E-state index in [4.69, 9.17) is 5.11 Å². The van der Waals surface area contributed by atoms with Crippen LogP contribution in [-0.2, 0) is 9.53 Å². The Morgan fingerprint density at radius 2 is 2.21 bits per heavy atom. The van der Waals surface area contributed by atoms with Crippen molar-refractivity contribution in [2.75, 3.05) is 13.7 Å². The van der Waals surface area contributed by atoms with E-state index in [9.17, 15) is 18.0 Å². The Labute approximate surface area is 78.0 Å². The topological polar surface area (TPSA) is 58.6 Å². The Kier molecular flexibility index (Phi) is 2.73. The molecule has 4 nitrogen and oxygen atoms in total. The van der Waals surface area contributed by atoms with E-state index in [1.54, 1.807) is 0 Å². The van der Waals surface area contributed by atoms with E-state index in [1.807, 2.05) is 0 Å². The van der Waals surface area contributed by atoms with Crippen molar-refractivity contribution < 1.29 is 27.8 Å². The zero-order valence-corrected chi connectivity index (χ0v) is 7.39. The minimum atomic E-state index is -4.73. The smallest absolute Gasteiger partial charge is 0.418 e. The monoisotopic (exact) mass is 213 g/mol. The number of aliphatic hydroxyl groups is 1. The van der Waals surface area contributed by atoms with Crippen LogP contribution in [0.2, 0.25) is 0 Å². The van der Waals surface area contributed by atoms with Crippen LogP contribution in [0.25, 0.3) is 0 Å². The van der Waals surface area contributed by atoms with Crippen LogP contribution in [0.5, 0.6) is 0 Å². The molecule has 0 aliphatic carbocycles. The summed E-state index contributed by atoms with van der Waals surface area (Å²) < 4.78 is 41.0. The van der Waals surface area contributed by atoms with Crippen molar-refractivity contribution in [3.8, 4) is 0 Å². The Morgan fingerprint density at radius 3 is 2.57 bits per heavy atom. The maximum Gasteiger partial charge on any atom is 0.418 e. The first-order valence-electron chi connectivity index (χ1n) is 3.90. The van der Waals surface area contributed by atoms with Gasteiger partial charge in [0, 0.05) is 13.0 Å². The third-order valence-electron chi connectivity index (χ3n) is 2.20. The van der Waals surface area contributed by atoms with E-state index in [0.29, 0.717) is 0 Å². The summed E-state index contributed by atoms with van der Waals surface area (Å²) in [7, 11) is 1.08. The van der Waals surface area contributed by atoms with Crippen LogP contribution in [-0.4, -0.2) is 42.5 Å². The van der Waals surface area contributed by atoms with E-state index < -0.39 is 36.8 Å². The highest BCUT2D eigenvalue weighted by Gasteiger charge is 2.58. The molecule has 1 unspecified atom stereocenters. The molecule has 14 heavy (non-hydrogen) atoms. The van der Waals surface area contributed by atoms with Crippen LogP contribution < -0.4 is 5.32 Å². The zero-order valence-electron chi connectivity index (χ0n) is 7.39. The molecule has 0 aromatic carbocycles. The number of rotatable bonds is 1. The van der Waals surface area contributed by atoms with Crippen LogP contribution >= 0.6 is 0 Å². The van der Waals surface area contributed by atoms with Gasteiger partial charge in [-0.3, -0.25) is 4.79 Å². The quantitative estimate of drug-likeness (QED) is 0.593. The van der Waals surface area contributed by atoms with Crippen molar-refractivity contribution >= 4 is 5.97 Å². The van der Waals surface area contributed by atoms with Crippen molar-refractivity contribution in [1.82, 2.24) is 5.32 Å². The summed E-state index contributed by atoms with van der Waals surface area (Å²) >= 11 is 0. The molecule has 1 aliphatic heterocycles. The Hall–Kier alpha value is -0.820. The van der Waals surface area contributed by atoms with Crippen molar-refractivity contribution in [2.45, 2.75) is 24.2 Å². The Bertz CT molecular complexity index is 243. The number of nitrogens with one attached hydrogen (secondary N) is 1. The summed E-state index contributed by atoms with van der Waals surface area (Å²) in [6.45, 7) is -0.684. The molecule has 1 rings (SSSR count). The van der Waals surface area contributed by atoms with Gasteiger partial charge in [0.1, 0.15) is 6.04 Å². The second-order valence-electron chi connectivity index (χ2n) is 3.19. The predicted octanol–water partition coefficient (Wildman–Crippen LogP) is -0.185. The van der Waals surface area contributed by atoms with Gasteiger partial charge in [0.25, 0.3) is 0 Å². The summed E-state index contributed by atoms with van der Waals surface area (Å²) in [5, 5.41) is 11.4. The van der Waals surface area contributed by atoms with Crippen molar-refractivity contribution in [1.29, 1.82) is 0 Å². The number of carbonyl (C=O) groups is 1. The number of halogens is 3. The van der Waals surface area contributed by atoms with E-state index in [-0.39, 0.29) is 0 Å². The van der Waals surface area contributed by atoms with Gasteiger partial charge in [0.2, 0.25) is 0 Å². The molecule has 0 bridgehead atoms. The second-order valence-corrected chi connectivity index (χ2v) is 3.19. The Morgan fingerprint density at radius 1 is 1.64 bits per heavy atom. The van der Waals surface area contributed by atoms with E-state index in [1.165, 1.54) is 0 Å². The zero-order chi connectivity index (χ0) is 11.0. The second kappa shape index (κ2) is 3.39. The lowest BCUT2D eigenvalue weighted by Crippen LogP contribution is -2.46. The summed E-state index contributed by atoms with van der Waals surface area (Å²) in [4.78, 5) is 10.9. The highest BCUT2D eigenvalue weighted by Crippen LogP contribution is 2.36. The van der Waals surface area contributed by atoms with Gasteiger partial charge in [-0.15, -0.1) is 0 Å². The van der Waals surface area contributed by atoms with Crippen LogP contribution in [0, 0.1) is 0 Å². The average molecular weight is 213 g/mol. The summed E-state index contributed by atoms with van der Waals surface area (Å²) in [5.74, 6) is -0.801. The lowest BCUT2D eigenvalue weighted by atomic mass is 10.00. The molecule has 7 heteroatoms. The number of carbonyl (C=O) groups excluding carboxylic acids is 1. The van der Waals surface area contributed by atoms with Crippen LogP contribution in [0.15, 0.2) is 0 Å². The van der Waals surface area contributed by atoms with E-state index in [2.05, 4.69) is 10.1 Å². The maximum absolute atomic E-state index is 12.2. The number of β-amino-alcohol motifs (C(OH)–C–C–N with tert-alkyl or cyclic N) is 1. The largest absolute Gasteiger partial charge is 0.468 e. The van der Waals surface area contributed by atoms with Crippen LogP contribution in [0.3, 0.4) is 0 Å². The average Bonchev–Trinajstić information content (AvgIpc) is 2.47. The maximum atomic E-state index is 12.2. The van der Waals surface area contributed by atoms with Gasteiger partial charge in [-0.25, -0.2) is 0 Å². The minimum absolute atomic E-state index is 0.684. The molecule has 0 radical (unpaired) electrons. The standard InChI is InChI=1S/C7H10F3NO3/c1-14-5(12)4-2-6(13,3-11-4)7(8,9)10/h4,11,13H,2-3H2,1H3/t4?,6-/m0/s1. The molecule has 0 aromatic rings. The fourth-order valence-corrected chi connectivity index (χ4v) is 1.30. The van der Waals surface area contributed by atoms with Gasteiger partial charge < -0.3 is 15.2 Å². The first-order chi connectivity index (χ1) is 6.30. The van der Waals surface area contributed by atoms with Crippen LogP contribution in [0.4, 0.5) is 13.2 Å². The van der Waals surface area contributed by atoms with Gasteiger partial charge in [-0.1, -0.05) is 0 Å². The predicted molar refractivity (Wildman–Crippen MR) is 39.4 cm³/mol. The number of methoxy groups -OCH3 is 1. The number of esters is 1. The molecular formula is C7H10F3NO3. The molecule has 0 saturated carbocycles. The fraction of sp³-hybridized carbons (Fsp3) is 0.857. The molecule has 1 heterocycles. The minimum Gasteiger partial charge on any atom is -0.468 e. The van der Waals surface area contributed by atoms with Crippen LogP contribution in [0.1, 0.15) is 6.42 Å². The molecule has 82 valence electrons. The molecule has 0 aromatic heterocycles. The SMILES string of the molecule is COC(=O)C1C[C@@](O)(C(F)(F)F)CN1. The first kappa shape index (κ1) is 11.3. The van der Waals surface area contributed by atoms with E-state index in [0.717, 1.165) is 7.11 Å². The van der Waals surface area contributed by atoms with Gasteiger partial charge >= 0.3 is 12.1 Å². The summed E-state index contributed by atoms with van der Waals surface area (Å²) in [5.41, 5.74) is -2.83. The van der Waals surface area contributed by atoms with E-state index >= 15 is 0 Å². The molecule has 0 spiro atoms. The van der Waals surface area contributed by atoms with Gasteiger partial charge in [-0.05, 0) is 0 Å². The number of hydrogen-bond donors (Lipinski definition) is 2. The van der Waals surface area contributed by atoms with Crippen molar-refractivity contribution in [2.24, 2.45) is 0 Å². The van der Waals surface area contributed by atoms with Gasteiger partial charge in [0.15, 0.2) is 5.60 Å². The molecule has 0 amide bonds. The lowest BCUT2D eigenvalue weighted by molar-refractivity contribution is -0.252. The molecular weight excluding hydrogens is 203 g/mol. The molecule has 1 fully saturated rings. The fourth-order valence-electron chi connectivity index (χ4n) is 1.30. The molecule has 2 atom stereocenters. The van der Waals surface area contributed by atoms with Gasteiger partial charge in [-0.2, -0.15) is 13.2 Å². The third kappa shape index (κ3) is 1.83. The Balaban J connectivity index is 2.69. The summed E-state index contributed by atoms with van der Waals surface area (Å²) in [6.07, 6.45) is -5.44. The molecule has 1 aliphatic rings. The van der Waals surface area contributed by atoms with Crippen molar-refractivity contribution in [3.63, 3.8) is 0 Å². The van der Waals surface area contributed by atoms with Gasteiger partial charge in [0.05, 0.1) is 7.11 Å². The first-order valence-corrected chi connectivity index (χ1v) is 3.90. The van der Waals surface area contributed by atoms with Crippen molar-refractivity contribution in [3.05, 3.63) is 0 Å². The summed E-state index contributed by atoms with van der Waals surface area (Å²) in [6, 6.07) is -1.09. The molecule has 2 N–H and O–H groups in total. The highest BCUT2D eigenvalue weighted by atomic mass is 19.4. The number of alkyl halides is 3. The lowest BCUT2D eigenvalue weighted by Gasteiger charge is -2.24. The normalized spacial score (nSPS) is 33.1. The number of ether oxygens (including phenoxy) is 1. The molecule has 1 saturated heterocycles. The number of hydrogen-bond acceptors (Lipinski definition) is 4. The highest BCUT2D eigenvalue weighted by molar-refractivity contribution is 5.76.